The van der Waals surface area contributed by atoms with Crippen molar-refractivity contribution in [3.63, 3.8) is 0 Å². The molecule has 2 N–H and O–H groups in total. The molecule has 3 rings (SSSR count). The highest BCUT2D eigenvalue weighted by atomic mass is 32.2. The molecule has 0 aliphatic carbocycles. The van der Waals surface area contributed by atoms with Crippen LogP contribution < -0.4 is 14.9 Å². The lowest BCUT2D eigenvalue weighted by molar-refractivity contribution is -0.122. The maximum atomic E-state index is 12.6. The third-order valence-corrected chi connectivity index (χ3v) is 5.91. The highest BCUT2D eigenvalue weighted by Crippen LogP contribution is 2.26. The van der Waals surface area contributed by atoms with E-state index in [1.807, 2.05) is 30.3 Å². The predicted octanol–water partition coefficient (Wildman–Crippen LogP) is 2.28. The van der Waals surface area contributed by atoms with E-state index in [4.69, 9.17) is 0 Å². The maximum Gasteiger partial charge on any atom is 0.229 e. The minimum atomic E-state index is -3.44. The van der Waals surface area contributed by atoms with Crippen LogP contribution >= 0.6 is 0 Å². The first-order valence-electron chi connectivity index (χ1n) is 9.21. The Kier molecular flexibility index (Phi) is 6.46. The van der Waals surface area contributed by atoms with Crippen molar-refractivity contribution >= 4 is 33.2 Å². The highest BCUT2D eigenvalue weighted by molar-refractivity contribution is 7.88. The van der Waals surface area contributed by atoms with E-state index in [0.29, 0.717) is 17.8 Å². The number of benzene rings is 2. The summed E-state index contributed by atoms with van der Waals surface area (Å²) in [5, 5.41) is 2.80. The standard InChI is InChI=1S/C21H23N3O4S/c1-2-12-22-29(27,28)15-16-8-10-18(11-9-16)23-21(26)17-13-20(25)24(14-17)19-6-4-3-5-7-19/h2-11,17,22H,1,12-15H2,(H,23,26). The van der Waals surface area contributed by atoms with E-state index < -0.39 is 15.9 Å². The third-order valence-electron chi connectivity index (χ3n) is 4.59. The van der Waals surface area contributed by atoms with Crippen molar-refractivity contribution in [2.45, 2.75) is 12.2 Å². The second kappa shape index (κ2) is 9.02. The van der Waals surface area contributed by atoms with Gasteiger partial charge in [0.25, 0.3) is 0 Å². The monoisotopic (exact) mass is 413 g/mol. The number of carbonyl (C=O) groups is 2. The SMILES string of the molecule is C=CCNS(=O)(=O)Cc1ccc(NC(=O)C2CC(=O)N(c3ccccc3)C2)cc1. The number of para-hydroxylation sites is 1. The second-order valence-corrected chi connectivity index (χ2v) is 8.63. The Balaban J connectivity index is 1.58. The van der Waals surface area contributed by atoms with E-state index in [0.717, 1.165) is 5.69 Å². The van der Waals surface area contributed by atoms with Crippen LogP contribution in [0, 0.1) is 5.92 Å². The van der Waals surface area contributed by atoms with Crippen molar-refractivity contribution in [3.05, 3.63) is 72.8 Å². The minimum absolute atomic E-state index is 0.0797. The van der Waals surface area contributed by atoms with Crippen molar-refractivity contribution in [3.8, 4) is 0 Å². The summed E-state index contributed by atoms with van der Waals surface area (Å²) >= 11 is 0. The number of nitrogens with zero attached hydrogens (tertiary/aromatic N) is 1. The molecule has 0 radical (unpaired) electrons. The number of anilines is 2. The van der Waals surface area contributed by atoms with E-state index in [1.54, 1.807) is 29.2 Å². The molecular weight excluding hydrogens is 390 g/mol. The molecule has 1 aliphatic rings. The molecule has 152 valence electrons. The summed E-state index contributed by atoms with van der Waals surface area (Å²) < 4.78 is 26.2. The lowest BCUT2D eigenvalue weighted by Crippen LogP contribution is -2.28. The maximum absolute atomic E-state index is 12.6. The fraction of sp³-hybridized carbons (Fsp3) is 0.238. The van der Waals surface area contributed by atoms with Gasteiger partial charge in [-0.2, -0.15) is 0 Å². The van der Waals surface area contributed by atoms with Gasteiger partial charge in [0.05, 0.1) is 11.7 Å². The smallest absolute Gasteiger partial charge is 0.229 e. The molecule has 0 bridgehead atoms. The van der Waals surface area contributed by atoms with Crippen LogP contribution in [0.15, 0.2) is 67.3 Å². The van der Waals surface area contributed by atoms with Gasteiger partial charge in [-0.05, 0) is 29.8 Å². The van der Waals surface area contributed by atoms with Gasteiger partial charge in [0.15, 0.2) is 0 Å². The average Bonchev–Trinajstić information content (AvgIpc) is 3.10. The Bertz CT molecular complexity index is 988. The first-order valence-corrected chi connectivity index (χ1v) is 10.9. The summed E-state index contributed by atoms with van der Waals surface area (Å²) in [5.74, 6) is -0.905. The molecule has 2 aromatic rings. The van der Waals surface area contributed by atoms with Gasteiger partial charge in [-0.1, -0.05) is 36.4 Å². The van der Waals surface area contributed by atoms with Crippen molar-refractivity contribution in [1.29, 1.82) is 0 Å². The van der Waals surface area contributed by atoms with E-state index in [9.17, 15) is 18.0 Å². The Morgan fingerprint density at radius 2 is 1.83 bits per heavy atom. The van der Waals surface area contributed by atoms with Crippen molar-refractivity contribution < 1.29 is 18.0 Å². The second-order valence-electron chi connectivity index (χ2n) is 6.82. The molecule has 7 nitrogen and oxygen atoms in total. The Hall–Kier alpha value is -2.97. The number of nitrogens with one attached hydrogen (secondary N) is 2. The van der Waals surface area contributed by atoms with Crippen LogP contribution in [0.1, 0.15) is 12.0 Å². The van der Waals surface area contributed by atoms with E-state index in [1.165, 1.54) is 6.08 Å². The molecule has 8 heteroatoms. The number of hydrogen-bond donors (Lipinski definition) is 2. The molecule has 0 aromatic heterocycles. The number of sulfonamides is 1. The van der Waals surface area contributed by atoms with Gasteiger partial charge in [-0.3, -0.25) is 9.59 Å². The summed E-state index contributed by atoms with van der Waals surface area (Å²) in [4.78, 5) is 26.5. The predicted molar refractivity (Wildman–Crippen MR) is 113 cm³/mol. The summed E-state index contributed by atoms with van der Waals surface area (Å²) in [6, 6.07) is 15.9. The van der Waals surface area contributed by atoms with Gasteiger partial charge in [-0.15, -0.1) is 6.58 Å². The molecule has 1 saturated heterocycles. The van der Waals surface area contributed by atoms with Crippen LogP contribution in [0.4, 0.5) is 11.4 Å². The molecular formula is C21H23N3O4S. The van der Waals surface area contributed by atoms with E-state index in [-0.39, 0.29) is 30.5 Å². The fourth-order valence-corrected chi connectivity index (χ4v) is 4.23. The quantitative estimate of drug-likeness (QED) is 0.649. The van der Waals surface area contributed by atoms with Crippen molar-refractivity contribution in [1.82, 2.24) is 4.72 Å². The fourth-order valence-electron chi connectivity index (χ4n) is 3.13. The first kappa shape index (κ1) is 20.8. The summed E-state index contributed by atoms with van der Waals surface area (Å²) in [5.41, 5.74) is 1.94. The molecule has 1 unspecified atom stereocenters. The Morgan fingerprint density at radius 3 is 2.48 bits per heavy atom. The molecule has 0 saturated carbocycles. The topological polar surface area (TPSA) is 95.6 Å². The first-order chi connectivity index (χ1) is 13.9. The van der Waals surface area contributed by atoms with Crippen LogP contribution in [0.3, 0.4) is 0 Å². The van der Waals surface area contributed by atoms with Gasteiger partial charge in [-0.25, -0.2) is 13.1 Å². The molecule has 1 atom stereocenters. The summed E-state index contributed by atoms with van der Waals surface area (Å²) in [6.45, 7) is 3.99. The summed E-state index contributed by atoms with van der Waals surface area (Å²) in [6.07, 6.45) is 1.63. The molecule has 2 aromatic carbocycles. The lowest BCUT2D eigenvalue weighted by atomic mass is 10.1. The van der Waals surface area contributed by atoms with Gasteiger partial charge in [0.1, 0.15) is 0 Å². The number of rotatable bonds is 8. The summed E-state index contributed by atoms with van der Waals surface area (Å²) in [7, 11) is -3.44. The van der Waals surface area contributed by atoms with Crippen molar-refractivity contribution in [2.24, 2.45) is 5.92 Å². The molecule has 29 heavy (non-hydrogen) atoms. The molecule has 1 aliphatic heterocycles. The van der Waals surface area contributed by atoms with Gasteiger partial charge in [0, 0.05) is 30.9 Å². The van der Waals surface area contributed by atoms with Crippen LogP contribution in [-0.4, -0.2) is 33.3 Å². The zero-order valence-corrected chi connectivity index (χ0v) is 16.7. The number of carbonyl (C=O) groups excluding carboxylic acids is 2. The zero-order chi connectivity index (χ0) is 20.9. The van der Waals surface area contributed by atoms with Gasteiger partial charge >= 0.3 is 0 Å². The third kappa shape index (κ3) is 5.52. The Morgan fingerprint density at radius 1 is 1.14 bits per heavy atom. The number of hydrogen-bond acceptors (Lipinski definition) is 4. The highest BCUT2D eigenvalue weighted by Gasteiger charge is 2.35. The normalized spacial score (nSPS) is 16.6. The Labute approximate surface area is 170 Å². The van der Waals surface area contributed by atoms with Crippen LogP contribution in [0.5, 0.6) is 0 Å². The molecule has 1 heterocycles. The van der Waals surface area contributed by atoms with Crippen LogP contribution in [0.2, 0.25) is 0 Å². The number of amides is 2. The zero-order valence-electron chi connectivity index (χ0n) is 15.9. The van der Waals surface area contributed by atoms with Gasteiger partial charge in [0.2, 0.25) is 21.8 Å². The lowest BCUT2D eigenvalue weighted by Gasteiger charge is -2.16. The van der Waals surface area contributed by atoms with E-state index in [2.05, 4.69) is 16.6 Å². The van der Waals surface area contributed by atoms with Crippen LogP contribution in [-0.2, 0) is 25.4 Å². The minimum Gasteiger partial charge on any atom is -0.326 e. The molecule has 1 fully saturated rings. The average molecular weight is 413 g/mol. The molecule has 0 spiro atoms. The van der Waals surface area contributed by atoms with Gasteiger partial charge < -0.3 is 10.2 Å². The van der Waals surface area contributed by atoms with Crippen molar-refractivity contribution in [2.75, 3.05) is 23.3 Å². The molecule has 2 amide bonds. The largest absolute Gasteiger partial charge is 0.326 e. The van der Waals surface area contributed by atoms with Crippen LogP contribution in [0.25, 0.3) is 0 Å². The van der Waals surface area contributed by atoms with E-state index >= 15 is 0 Å².